The number of allylic oxidation sites excluding steroid dienone is 4. The minimum atomic E-state index is 0.336. The third kappa shape index (κ3) is 6.13. The Morgan fingerprint density at radius 3 is 1.85 bits per heavy atom. The van der Waals surface area contributed by atoms with Crippen molar-refractivity contribution in [2.75, 3.05) is 0 Å². The van der Waals surface area contributed by atoms with E-state index in [1.165, 1.54) is 38.6 Å². The fourth-order valence-electron chi connectivity index (χ4n) is 9.28. The van der Waals surface area contributed by atoms with Crippen molar-refractivity contribution in [1.29, 1.82) is 0 Å². The zero-order chi connectivity index (χ0) is 40.3. The number of rotatable bonds is 6. The molecule has 1 unspecified atom stereocenters. The summed E-state index contributed by atoms with van der Waals surface area (Å²) in [6, 6.07) is 65.2. The standard InChI is InChI=1S/C58H38N2O/c1-3-11-37(12-4-1)44-29-31-48-49-32-30-45(38-13-5-2-6-14-38)35-53(49)57-56(52(48)34-44)59-36-54(60-57)46-16-9-15-43(33-46)41-23-21-39(22-24-41)40-25-27-42(28-26-40)47-18-10-19-51-50-17-7-8-20-55(50)61-58(47)51/h1-13,15-36,38H,14H2. The molecule has 3 heteroatoms. The lowest BCUT2D eigenvalue weighted by atomic mass is 9.89. The smallest absolute Gasteiger partial charge is 0.143 e. The van der Waals surface area contributed by atoms with E-state index in [1.807, 2.05) is 18.3 Å². The van der Waals surface area contributed by atoms with E-state index in [0.29, 0.717) is 5.92 Å². The van der Waals surface area contributed by atoms with Crippen LogP contribution in [0.15, 0.2) is 217 Å². The lowest BCUT2D eigenvalue weighted by Crippen LogP contribution is -1.98. The Hall–Kier alpha value is -7.88. The molecule has 0 radical (unpaired) electrons. The fourth-order valence-corrected chi connectivity index (χ4v) is 9.28. The molecule has 2 heterocycles. The molecule has 9 aromatic carbocycles. The number of nitrogens with zero attached hydrogens (tertiary/aromatic N) is 2. The van der Waals surface area contributed by atoms with E-state index < -0.39 is 0 Å². The Labute approximate surface area is 353 Å². The van der Waals surface area contributed by atoms with Gasteiger partial charge in [-0.25, -0.2) is 4.98 Å². The van der Waals surface area contributed by atoms with Crippen LogP contribution < -0.4 is 0 Å². The maximum absolute atomic E-state index is 6.33. The first-order valence-electron chi connectivity index (χ1n) is 21.0. The quantitative estimate of drug-likeness (QED) is 0.158. The molecule has 3 nitrogen and oxygen atoms in total. The number of benzene rings is 9. The Morgan fingerprint density at radius 1 is 0.426 bits per heavy atom. The van der Waals surface area contributed by atoms with Crippen LogP contribution >= 0.6 is 0 Å². The van der Waals surface area contributed by atoms with Gasteiger partial charge < -0.3 is 4.42 Å². The molecular weight excluding hydrogens is 741 g/mol. The number of hydrogen-bond acceptors (Lipinski definition) is 3. The van der Waals surface area contributed by atoms with Gasteiger partial charge in [0.05, 0.1) is 22.9 Å². The van der Waals surface area contributed by atoms with Crippen molar-refractivity contribution in [3.8, 4) is 55.8 Å². The van der Waals surface area contributed by atoms with Crippen LogP contribution in [-0.4, -0.2) is 9.97 Å². The molecule has 0 saturated heterocycles. The largest absolute Gasteiger partial charge is 0.455 e. The fraction of sp³-hybridized carbons (Fsp3) is 0.0345. The van der Waals surface area contributed by atoms with Crippen LogP contribution in [0.3, 0.4) is 0 Å². The van der Waals surface area contributed by atoms with E-state index in [-0.39, 0.29) is 0 Å². The summed E-state index contributed by atoms with van der Waals surface area (Å²) in [5.41, 5.74) is 16.1. The van der Waals surface area contributed by atoms with E-state index >= 15 is 0 Å². The summed E-state index contributed by atoms with van der Waals surface area (Å²) in [6.07, 6.45) is 11.8. The minimum absolute atomic E-state index is 0.336. The van der Waals surface area contributed by atoms with Gasteiger partial charge in [0, 0.05) is 38.6 Å². The highest BCUT2D eigenvalue weighted by Gasteiger charge is 2.17. The molecule has 1 aliphatic rings. The second-order valence-electron chi connectivity index (χ2n) is 16.1. The van der Waals surface area contributed by atoms with Gasteiger partial charge in [0.15, 0.2) is 0 Å². The van der Waals surface area contributed by atoms with Crippen LogP contribution in [0.5, 0.6) is 0 Å². The molecule has 0 aliphatic heterocycles. The topological polar surface area (TPSA) is 38.9 Å². The lowest BCUT2D eigenvalue weighted by molar-refractivity contribution is 0.670. The number of hydrogen-bond donors (Lipinski definition) is 0. The Kier molecular flexibility index (Phi) is 8.31. The highest BCUT2D eigenvalue weighted by atomic mass is 16.3. The molecule has 0 N–H and O–H groups in total. The SMILES string of the molecule is C1=CCC(c2ccc3c4ccc(-c5ccccc5)cc4c4ncc(-c5cccc(-c6ccc(-c7ccc(-c8cccc9c8oc8ccccc89)cc7)cc6)c5)nc4c3c2)C=C1. The first-order chi connectivity index (χ1) is 30.2. The van der Waals surface area contributed by atoms with Crippen LogP contribution in [0.25, 0.3) is 110 Å². The maximum Gasteiger partial charge on any atom is 0.143 e. The van der Waals surface area contributed by atoms with Crippen LogP contribution in [0.4, 0.5) is 0 Å². The van der Waals surface area contributed by atoms with Gasteiger partial charge in [0.1, 0.15) is 11.2 Å². The molecule has 0 saturated carbocycles. The van der Waals surface area contributed by atoms with Crippen molar-refractivity contribution in [2.24, 2.45) is 0 Å². The number of para-hydroxylation sites is 2. The predicted octanol–water partition coefficient (Wildman–Crippen LogP) is 15.8. The van der Waals surface area contributed by atoms with Crippen LogP contribution in [0, 0.1) is 0 Å². The molecular formula is C58H38N2O. The summed E-state index contributed by atoms with van der Waals surface area (Å²) in [6.45, 7) is 0. The summed E-state index contributed by atoms with van der Waals surface area (Å²) in [5.74, 6) is 0.336. The summed E-state index contributed by atoms with van der Waals surface area (Å²) < 4.78 is 6.33. The van der Waals surface area contributed by atoms with Crippen molar-refractivity contribution in [1.82, 2.24) is 9.97 Å². The third-order valence-corrected chi connectivity index (χ3v) is 12.5. The molecule has 11 aromatic rings. The van der Waals surface area contributed by atoms with E-state index in [2.05, 4.69) is 194 Å². The van der Waals surface area contributed by atoms with E-state index in [0.717, 1.165) is 83.7 Å². The lowest BCUT2D eigenvalue weighted by Gasteiger charge is -2.17. The second-order valence-corrected chi connectivity index (χ2v) is 16.1. The van der Waals surface area contributed by atoms with Gasteiger partial charge in [0.25, 0.3) is 0 Å². The summed E-state index contributed by atoms with van der Waals surface area (Å²) in [7, 11) is 0. The molecule has 0 bridgehead atoms. The highest BCUT2D eigenvalue weighted by Crippen LogP contribution is 2.40. The first-order valence-corrected chi connectivity index (χ1v) is 21.0. The molecule has 61 heavy (non-hydrogen) atoms. The molecule has 286 valence electrons. The molecule has 0 amide bonds. The van der Waals surface area contributed by atoms with Crippen molar-refractivity contribution >= 4 is 54.5 Å². The van der Waals surface area contributed by atoms with Gasteiger partial charge in [-0.1, -0.05) is 182 Å². The third-order valence-electron chi connectivity index (χ3n) is 12.5. The van der Waals surface area contributed by atoms with Crippen molar-refractivity contribution < 1.29 is 4.42 Å². The van der Waals surface area contributed by atoms with Gasteiger partial charge in [-0.2, -0.15) is 0 Å². The van der Waals surface area contributed by atoms with Gasteiger partial charge >= 0.3 is 0 Å². The van der Waals surface area contributed by atoms with Gasteiger partial charge in [-0.15, -0.1) is 0 Å². The van der Waals surface area contributed by atoms with Crippen LogP contribution in [-0.2, 0) is 0 Å². The molecule has 2 aromatic heterocycles. The summed E-state index contributed by atoms with van der Waals surface area (Å²) in [5, 5.41) is 6.92. The number of furan rings is 1. The van der Waals surface area contributed by atoms with Gasteiger partial charge in [-0.05, 0) is 86.0 Å². The first kappa shape index (κ1) is 35.1. The van der Waals surface area contributed by atoms with Gasteiger partial charge in [0.2, 0.25) is 0 Å². The minimum Gasteiger partial charge on any atom is -0.455 e. The average Bonchev–Trinajstić information content (AvgIpc) is 3.73. The molecule has 0 fully saturated rings. The maximum atomic E-state index is 6.33. The van der Waals surface area contributed by atoms with Crippen molar-refractivity contribution in [3.05, 3.63) is 218 Å². The summed E-state index contributed by atoms with van der Waals surface area (Å²) in [4.78, 5) is 10.7. The van der Waals surface area contributed by atoms with E-state index in [9.17, 15) is 0 Å². The van der Waals surface area contributed by atoms with Crippen LogP contribution in [0.2, 0.25) is 0 Å². The van der Waals surface area contributed by atoms with E-state index in [4.69, 9.17) is 14.4 Å². The molecule has 1 aliphatic carbocycles. The second kappa shape index (κ2) is 14.4. The monoisotopic (exact) mass is 778 g/mol. The number of fused-ring (bicyclic) bond motifs is 9. The zero-order valence-corrected chi connectivity index (χ0v) is 33.3. The zero-order valence-electron chi connectivity index (χ0n) is 33.3. The Bertz CT molecular complexity index is 3540. The van der Waals surface area contributed by atoms with Crippen molar-refractivity contribution in [2.45, 2.75) is 12.3 Å². The molecule has 12 rings (SSSR count). The molecule has 1 atom stereocenters. The highest BCUT2D eigenvalue weighted by molar-refractivity contribution is 6.24. The normalized spacial score (nSPS) is 13.9. The predicted molar refractivity (Wildman–Crippen MR) is 255 cm³/mol. The average molecular weight is 779 g/mol. The summed E-state index contributed by atoms with van der Waals surface area (Å²) >= 11 is 0. The van der Waals surface area contributed by atoms with Crippen LogP contribution in [0.1, 0.15) is 17.9 Å². The van der Waals surface area contributed by atoms with E-state index in [1.54, 1.807) is 0 Å². The van der Waals surface area contributed by atoms with Crippen molar-refractivity contribution in [3.63, 3.8) is 0 Å². The van der Waals surface area contributed by atoms with Gasteiger partial charge in [-0.3, -0.25) is 4.98 Å². The molecule has 0 spiro atoms. The number of aromatic nitrogens is 2. The Balaban J connectivity index is 0.892. The Morgan fingerprint density at radius 2 is 1.05 bits per heavy atom.